The standard InChI is InChI=1S/C17H15FO5/c1-10(19)13-8-9-14(21-2)16(22-3)15(13)23-17(20)11-4-6-12(18)7-5-11/h4-9H,1-3H3. The molecular formula is C17H15FO5. The van der Waals surface area contributed by atoms with Crippen molar-refractivity contribution in [2.75, 3.05) is 14.2 Å². The number of benzene rings is 2. The number of ketones is 1. The molecule has 0 radical (unpaired) electrons. The average molecular weight is 318 g/mol. The number of Topliss-reactive ketones (excluding diaryl/α,β-unsaturated/α-hetero) is 1. The third-order valence-electron chi connectivity index (χ3n) is 3.15. The lowest BCUT2D eigenvalue weighted by atomic mass is 10.1. The number of hydrogen-bond donors (Lipinski definition) is 0. The molecular weight excluding hydrogens is 303 g/mol. The van der Waals surface area contributed by atoms with Gasteiger partial charge >= 0.3 is 5.97 Å². The fraction of sp³-hybridized carbons (Fsp3) is 0.176. The molecule has 0 aliphatic heterocycles. The summed E-state index contributed by atoms with van der Waals surface area (Å²) in [5, 5.41) is 0. The molecule has 2 aromatic carbocycles. The lowest BCUT2D eigenvalue weighted by Gasteiger charge is -2.15. The zero-order valence-electron chi connectivity index (χ0n) is 12.9. The molecule has 0 fully saturated rings. The van der Waals surface area contributed by atoms with E-state index in [1.807, 2.05) is 0 Å². The summed E-state index contributed by atoms with van der Waals surface area (Å²) in [4.78, 5) is 24.0. The molecule has 0 bridgehead atoms. The van der Waals surface area contributed by atoms with Crippen molar-refractivity contribution in [2.45, 2.75) is 6.92 Å². The molecule has 2 aromatic rings. The average Bonchev–Trinajstić information content (AvgIpc) is 2.54. The highest BCUT2D eigenvalue weighted by atomic mass is 19.1. The predicted octanol–water partition coefficient (Wildman–Crippen LogP) is 3.26. The Kier molecular flexibility index (Phi) is 4.95. The van der Waals surface area contributed by atoms with Gasteiger partial charge in [0.25, 0.3) is 0 Å². The van der Waals surface area contributed by atoms with Gasteiger partial charge in [-0.25, -0.2) is 9.18 Å². The Labute approximate surface area is 132 Å². The van der Waals surface area contributed by atoms with Crippen LogP contribution in [0.25, 0.3) is 0 Å². The van der Waals surface area contributed by atoms with Gasteiger partial charge in [-0.05, 0) is 43.3 Å². The number of methoxy groups -OCH3 is 2. The Morgan fingerprint density at radius 3 is 2.09 bits per heavy atom. The van der Waals surface area contributed by atoms with Crippen molar-refractivity contribution in [3.63, 3.8) is 0 Å². The molecule has 0 aliphatic rings. The Bertz CT molecular complexity index is 737. The van der Waals surface area contributed by atoms with Gasteiger partial charge in [0.15, 0.2) is 17.3 Å². The van der Waals surface area contributed by atoms with Crippen LogP contribution in [0.5, 0.6) is 17.2 Å². The number of ether oxygens (including phenoxy) is 3. The van der Waals surface area contributed by atoms with E-state index in [1.54, 1.807) is 6.07 Å². The fourth-order valence-electron chi connectivity index (χ4n) is 2.01. The molecule has 23 heavy (non-hydrogen) atoms. The third kappa shape index (κ3) is 3.48. The zero-order valence-corrected chi connectivity index (χ0v) is 12.9. The van der Waals surface area contributed by atoms with Crippen LogP contribution >= 0.6 is 0 Å². The van der Waals surface area contributed by atoms with Gasteiger partial charge in [0.1, 0.15) is 5.82 Å². The van der Waals surface area contributed by atoms with Crippen LogP contribution in [-0.2, 0) is 0 Å². The Morgan fingerprint density at radius 2 is 1.57 bits per heavy atom. The smallest absolute Gasteiger partial charge is 0.343 e. The SMILES string of the molecule is COc1ccc(C(C)=O)c(OC(=O)c2ccc(F)cc2)c1OC. The first-order chi connectivity index (χ1) is 11.0. The molecule has 0 aromatic heterocycles. The Balaban J connectivity index is 2.46. The highest BCUT2D eigenvalue weighted by Crippen LogP contribution is 2.40. The molecule has 0 saturated heterocycles. The third-order valence-corrected chi connectivity index (χ3v) is 3.15. The summed E-state index contributed by atoms with van der Waals surface area (Å²) in [7, 11) is 2.80. The largest absolute Gasteiger partial charge is 0.493 e. The van der Waals surface area contributed by atoms with Crippen molar-refractivity contribution in [1.29, 1.82) is 0 Å². The van der Waals surface area contributed by atoms with Crippen molar-refractivity contribution in [1.82, 2.24) is 0 Å². The summed E-state index contributed by atoms with van der Waals surface area (Å²) in [6.45, 7) is 1.34. The molecule has 2 rings (SSSR count). The van der Waals surface area contributed by atoms with Crippen molar-refractivity contribution in [2.24, 2.45) is 0 Å². The second kappa shape index (κ2) is 6.91. The number of carbonyl (C=O) groups is 2. The van der Waals surface area contributed by atoms with Crippen LogP contribution in [0.4, 0.5) is 4.39 Å². The van der Waals surface area contributed by atoms with E-state index in [0.29, 0.717) is 5.75 Å². The van der Waals surface area contributed by atoms with Crippen molar-refractivity contribution < 1.29 is 28.2 Å². The van der Waals surface area contributed by atoms with E-state index in [2.05, 4.69) is 0 Å². The second-order valence-corrected chi connectivity index (χ2v) is 4.63. The Hall–Kier alpha value is -2.89. The highest BCUT2D eigenvalue weighted by molar-refractivity contribution is 6.00. The van der Waals surface area contributed by atoms with Crippen LogP contribution in [0, 0.1) is 5.82 Å². The number of hydrogen-bond acceptors (Lipinski definition) is 5. The lowest BCUT2D eigenvalue weighted by molar-refractivity contribution is 0.0727. The molecule has 0 spiro atoms. The number of rotatable bonds is 5. The van der Waals surface area contributed by atoms with Gasteiger partial charge in [-0.3, -0.25) is 4.79 Å². The van der Waals surface area contributed by atoms with Crippen molar-refractivity contribution >= 4 is 11.8 Å². The minimum Gasteiger partial charge on any atom is -0.493 e. The van der Waals surface area contributed by atoms with Gasteiger partial charge < -0.3 is 14.2 Å². The second-order valence-electron chi connectivity index (χ2n) is 4.63. The van der Waals surface area contributed by atoms with Crippen LogP contribution < -0.4 is 14.2 Å². The maximum absolute atomic E-state index is 12.9. The summed E-state index contributed by atoms with van der Waals surface area (Å²) in [5.41, 5.74) is 0.323. The molecule has 0 N–H and O–H groups in total. The molecule has 0 aliphatic carbocycles. The van der Waals surface area contributed by atoms with Crippen LogP contribution in [0.15, 0.2) is 36.4 Å². The monoisotopic (exact) mass is 318 g/mol. The maximum atomic E-state index is 12.9. The normalized spacial score (nSPS) is 10.1. The minimum atomic E-state index is -0.737. The molecule has 120 valence electrons. The number of carbonyl (C=O) groups excluding carboxylic acids is 2. The Morgan fingerprint density at radius 1 is 0.913 bits per heavy atom. The van der Waals surface area contributed by atoms with Crippen molar-refractivity contribution in [3.8, 4) is 17.2 Å². The number of halogens is 1. The molecule has 0 atom stereocenters. The fourth-order valence-corrected chi connectivity index (χ4v) is 2.01. The van der Waals surface area contributed by atoms with E-state index in [1.165, 1.54) is 39.3 Å². The van der Waals surface area contributed by atoms with E-state index in [0.717, 1.165) is 12.1 Å². The molecule has 0 heterocycles. The molecule has 0 unspecified atom stereocenters. The van der Waals surface area contributed by atoms with Crippen molar-refractivity contribution in [3.05, 3.63) is 53.3 Å². The van der Waals surface area contributed by atoms with E-state index < -0.39 is 11.8 Å². The molecule has 6 heteroatoms. The summed E-state index contributed by atoms with van der Waals surface area (Å²) < 4.78 is 28.6. The van der Waals surface area contributed by atoms with Gasteiger partial charge in [-0.15, -0.1) is 0 Å². The topological polar surface area (TPSA) is 61.8 Å². The van der Waals surface area contributed by atoms with Crippen LogP contribution in [0.2, 0.25) is 0 Å². The first kappa shape index (κ1) is 16.5. The summed E-state index contributed by atoms with van der Waals surface area (Å²) in [6, 6.07) is 7.90. The molecule has 0 saturated carbocycles. The van der Waals surface area contributed by atoms with Gasteiger partial charge in [0, 0.05) is 0 Å². The quantitative estimate of drug-likeness (QED) is 0.481. The van der Waals surface area contributed by atoms with Gasteiger partial charge in [-0.2, -0.15) is 0 Å². The van der Waals surface area contributed by atoms with Gasteiger partial charge in [-0.1, -0.05) is 0 Å². The van der Waals surface area contributed by atoms with Crippen LogP contribution in [0.3, 0.4) is 0 Å². The van der Waals surface area contributed by atoms with Crippen LogP contribution in [0.1, 0.15) is 27.6 Å². The molecule has 5 nitrogen and oxygen atoms in total. The highest BCUT2D eigenvalue weighted by Gasteiger charge is 2.22. The van der Waals surface area contributed by atoms with Crippen LogP contribution in [-0.4, -0.2) is 26.0 Å². The lowest BCUT2D eigenvalue weighted by Crippen LogP contribution is -2.12. The zero-order chi connectivity index (χ0) is 17.0. The minimum absolute atomic E-state index is 0.0336. The molecule has 0 amide bonds. The van der Waals surface area contributed by atoms with E-state index in [-0.39, 0.29) is 28.4 Å². The first-order valence-corrected chi connectivity index (χ1v) is 6.71. The number of esters is 1. The predicted molar refractivity (Wildman–Crippen MR) is 80.9 cm³/mol. The van der Waals surface area contributed by atoms with E-state index in [4.69, 9.17) is 14.2 Å². The summed E-state index contributed by atoms with van der Waals surface area (Å²) in [5.74, 6) is -1.08. The van der Waals surface area contributed by atoms with E-state index in [9.17, 15) is 14.0 Å². The van der Waals surface area contributed by atoms with E-state index >= 15 is 0 Å². The summed E-state index contributed by atoms with van der Waals surface area (Å²) >= 11 is 0. The first-order valence-electron chi connectivity index (χ1n) is 6.71. The maximum Gasteiger partial charge on any atom is 0.343 e. The summed E-state index contributed by atoms with van der Waals surface area (Å²) in [6.07, 6.45) is 0. The van der Waals surface area contributed by atoms with Gasteiger partial charge in [0.05, 0.1) is 25.3 Å². The van der Waals surface area contributed by atoms with Gasteiger partial charge in [0.2, 0.25) is 5.75 Å².